The first-order valence-corrected chi connectivity index (χ1v) is 11.9. The van der Waals surface area contributed by atoms with Gasteiger partial charge in [-0.15, -0.1) is 17.5 Å². The number of aromatic nitrogens is 4. The van der Waals surface area contributed by atoms with Gasteiger partial charge >= 0.3 is 0 Å². The van der Waals surface area contributed by atoms with Gasteiger partial charge in [0, 0.05) is 31.1 Å². The van der Waals surface area contributed by atoms with Gasteiger partial charge in [-0.2, -0.15) is 5.21 Å². The highest BCUT2D eigenvalue weighted by atomic mass is 35.5. The molecule has 1 fully saturated rings. The van der Waals surface area contributed by atoms with Gasteiger partial charge in [0.05, 0.1) is 7.11 Å². The first kappa shape index (κ1) is 25.9. The van der Waals surface area contributed by atoms with Gasteiger partial charge in [-0.25, -0.2) is 0 Å². The van der Waals surface area contributed by atoms with Gasteiger partial charge in [0.2, 0.25) is 0 Å². The molecule has 11 heteroatoms. The third-order valence-electron chi connectivity index (χ3n) is 7.13. The van der Waals surface area contributed by atoms with Crippen LogP contribution >= 0.6 is 12.4 Å². The third kappa shape index (κ3) is 5.16. The van der Waals surface area contributed by atoms with Crippen LogP contribution in [0, 0.1) is 13.8 Å². The summed E-state index contributed by atoms with van der Waals surface area (Å²) in [7, 11) is 1.61. The largest absolute Gasteiger partial charge is 0.493 e. The molecule has 0 radical (unpaired) electrons. The van der Waals surface area contributed by atoms with Crippen LogP contribution in [-0.2, 0) is 11.2 Å². The van der Waals surface area contributed by atoms with E-state index in [0.717, 1.165) is 25.9 Å². The molecule has 0 bridgehead atoms. The number of methoxy groups -OCH3 is 1. The molecule has 10 nitrogen and oxygen atoms in total. The Morgan fingerprint density at radius 3 is 2.81 bits per heavy atom. The number of hydrogen-bond acceptors (Lipinski definition) is 8. The molecule has 1 saturated heterocycles. The summed E-state index contributed by atoms with van der Waals surface area (Å²) in [5, 5.41) is 15.6. The lowest BCUT2D eigenvalue weighted by molar-refractivity contribution is -0.118. The second-order valence-electron chi connectivity index (χ2n) is 9.40. The molecule has 192 valence electrons. The van der Waals surface area contributed by atoms with Crippen LogP contribution in [0.3, 0.4) is 0 Å². The van der Waals surface area contributed by atoms with Crippen molar-refractivity contribution in [2.75, 3.05) is 32.1 Å². The topological polar surface area (TPSA) is 131 Å². The molecular weight excluding hydrogens is 482 g/mol. The van der Waals surface area contributed by atoms with Crippen LogP contribution < -0.4 is 20.5 Å². The number of aromatic amines is 1. The number of aryl methyl sites for hydroxylation is 2. The average molecular weight is 514 g/mol. The highest BCUT2D eigenvalue weighted by Crippen LogP contribution is 2.44. The first-order valence-electron chi connectivity index (χ1n) is 11.9. The van der Waals surface area contributed by atoms with Crippen molar-refractivity contribution >= 4 is 24.3 Å². The zero-order valence-corrected chi connectivity index (χ0v) is 21.5. The number of rotatable bonds is 6. The molecule has 0 saturated carbocycles. The van der Waals surface area contributed by atoms with Crippen molar-refractivity contribution in [3.63, 3.8) is 0 Å². The molecule has 3 aromatic rings. The Kier molecular flexibility index (Phi) is 7.77. The van der Waals surface area contributed by atoms with Crippen LogP contribution in [0.1, 0.15) is 46.2 Å². The molecule has 2 aliphatic heterocycles. The number of tetrazole rings is 1. The highest BCUT2D eigenvalue weighted by molar-refractivity contribution is 5.90. The number of fused-ring (bicyclic) bond motifs is 3. The van der Waals surface area contributed by atoms with Gasteiger partial charge in [-0.1, -0.05) is 28.9 Å². The number of hydrogen-bond donors (Lipinski definition) is 3. The molecule has 5 rings (SSSR count). The molecule has 1 aromatic heterocycles. The van der Waals surface area contributed by atoms with Crippen molar-refractivity contribution in [2.45, 2.75) is 44.7 Å². The van der Waals surface area contributed by atoms with Crippen molar-refractivity contribution in [3.8, 4) is 11.5 Å². The fourth-order valence-electron chi connectivity index (χ4n) is 5.35. The van der Waals surface area contributed by atoms with E-state index in [1.54, 1.807) is 7.11 Å². The van der Waals surface area contributed by atoms with Gasteiger partial charge in [-0.3, -0.25) is 15.0 Å². The molecule has 3 atom stereocenters. The summed E-state index contributed by atoms with van der Waals surface area (Å²) < 4.78 is 11.4. The quantitative estimate of drug-likeness (QED) is 0.458. The Labute approximate surface area is 216 Å². The van der Waals surface area contributed by atoms with E-state index < -0.39 is 0 Å². The number of piperidine rings is 1. The zero-order chi connectivity index (χ0) is 24.5. The molecule has 0 spiro atoms. The number of benzene rings is 2. The number of carbonyl (C=O) groups is 1. The predicted octanol–water partition coefficient (Wildman–Crippen LogP) is 2.68. The summed E-state index contributed by atoms with van der Waals surface area (Å²) >= 11 is 0. The zero-order valence-electron chi connectivity index (χ0n) is 20.7. The van der Waals surface area contributed by atoms with Crippen LogP contribution in [0.25, 0.3) is 0 Å². The predicted molar refractivity (Wildman–Crippen MR) is 138 cm³/mol. The number of carbonyl (C=O) groups excluding carboxylic acids is 1. The Bertz CT molecular complexity index is 1220. The molecule has 3 heterocycles. The third-order valence-corrected chi connectivity index (χ3v) is 7.13. The van der Waals surface area contributed by atoms with Crippen LogP contribution in [0.4, 0.5) is 5.95 Å². The summed E-state index contributed by atoms with van der Waals surface area (Å²) in [5.41, 5.74) is 13.2. The fraction of sp³-hybridized carbons (Fsp3) is 0.440. The maximum Gasteiger partial charge on any atom is 0.269 e. The lowest BCUT2D eigenvalue weighted by atomic mass is 9.77. The Morgan fingerprint density at radius 2 is 2.06 bits per heavy atom. The van der Waals surface area contributed by atoms with Crippen LogP contribution in [0.5, 0.6) is 11.5 Å². The second kappa shape index (κ2) is 10.8. The highest BCUT2D eigenvalue weighted by Gasteiger charge is 2.39. The van der Waals surface area contributed by atoms with Crippen LogP contribution in [0.15, 0.2) is 30.3 Å². The van der Waals surface area contributed by atoms with Gasteiger partial charge in [0.1, 0.15) is 0 Å². The van der Waals surface area contributed by atoms with Crippen molar-refractivity contribution < 1.29 is 14.3 Å². The maximum atomic E-state index is 12.2. The number of nitrogens with one attached hydrogen (secondary N) is 2. The van der Waals surface area contributed by atoms with E-state index >= 15 is 0 Å². The van der Waals surface area contributed by atoms with Gasteiger partial charge in [0.15, 0.2) is 18.1 Å². The molecular formula is C25H32ClN7O3. The Balaban J connectivity index is 0.00000304. The Morgan fingerprint density at radius 1 is 1.22 bits per heavy atom. The first-order chi connectivity index (χ1) is 16.9. The van der Waals surface area contributed by atoms with E-state index in [1.807, 2.05) is 12.1 Å². The van der Waals surface area contributed by atoms with Crippen molar-refractivity contribution in [3.05, 3.63) is 58.1 Å². The summed E-state index contributed by atoms with van der Waals surface area (Å²) in [4.78, 5) is 14.7. The van der Waals surface area contributed by atoms with E-state index in [2.05, 4.69) is 62.9 Å². The number of nitrogens with two attached hydrogens (primary N) is 1. The van der Waals surface area contributed by atoms with E-state index in [0.29, 0.717) is 17.4 Å². The molecule has 1 amide bonds. The lowest BCUT2D eigenvalue weighted by Gasteiger charge is -2.46. The van der Waals surface area contributed by atoms with E-state index in [4.69, 9.17) is 15.2 Å². The van der Waals surface area contributed by atoms with E-state index in [9.17, 15) is 4.79 Å². The van der Waals surface area contributed by atoms with Crippen molar-refractivity contribution in [1.82, 2.24) is 25.5 Å². The standard InChI is InChI=1S/C25H31N7O3.ClH/c1-14-4-5-15(2)17(8-14)19-12-32-7-6-16-9-23(35-13-24(33)27-25-28-30-31-29-25)22(34-3)10-18(16)21(32)11-20(19)26;/h4-5,8-10,19-21H,6-7,11-13,26H2,1-3H3,(H2,27,28,29,30,31,33);1H/t19-,20-,21+;/m0./s1. The van der Waals surface area contributed by atoms with E-state index in [1.165, 1.54) is 27.8 Å². The summed E-state index contributed by atoms with van der Waals surface area (Å²) in [6, 6.07) is 11.0. The molecule has 2 aliphatic rings. The van der Waals surface area contributed by atoms with Gasteiger partial charge in [-0.05, 0) is 66.3 Å². The molecule has 4 N–H and O–H groups in total. The minimum absolute atomic E-state index is 0. The summed E-state index contributed by atoms with van der Waals surface area (Å²) in [6.45, 7) is 6.01. The monoisotopic (exact) mass is 513 g/mol. The maximum absolute atomic E-state index is 12.2. The number of nitrogens with zero attached hydrogens (tertiary/aromatic N) is 4. The second-order valence-corrected chi connectivity index (χ2v) is 9.40. The number of H-pyrrole nitrogens is 1. The van der Waals surface area contributed by atoms with E-state index in [-0.39, 0.29) is 43.0 Å². The van der Waals surface area contributed by atoms with Crippen LogP contribution in [-0.4, -0.2) is 64.3 Å². The number of ether oxygens (including phenoxy) is 2. The molecule has 36 heavy (non-hydrogen) atoms. The SMILES string of the molecule is COc1cc2c(cc1OCC(=O)Nc1nn[nH]n1)CCN1C[C@@H](c3cc(C)ccc3C)[C@@H](N)C[C@H]21.Cl. The smallest absolute Gasteiger partial charge is 0.269 e. The molecule has 0 unspecified atom stereocenters. The van der Waals surface area contributed by atoms with Crippen molar-refractivity contribution in [2.24, 2.45) is 5.73 Å². The Hall–Kier alpha value is -3.21. The summed E-state index contributed by atoms with van der Waals surface area (Å²) in [5.74, 6) is 1.17. The number of anilines is 1. The summed E-state index contributed by atoms with van der Waals surface area (Å²) in [6.07, 6.45) is 1.78. The number of halogens is 1. The van der Waals surface area contributed by atoms with Gasteiger partial charge < -0.3 is 15.2 Å². The number of amides is 1. The van der Waals surface area contributed by atoms with Crippen LogP contribution in [0.2, 0.25) is 0 Å². The van der Waals surface area contributed by atoms with Gasteiger partial charge in [0.25, 0.3) is 11.9 Å². The normalized spacial score (nSPS) is 21.1. The molecule has 0 aliphatic carbocycles. The fourth-order valence-corrected chi connectivity index (χ4v) is 5.35. The minimum atomic E-state index is -0.381. The van der Waals surface area contributed by atoms with Crippen molar-refractivity contribution in [1.29, 1.82) is 0 Å². The average Bonchev–Trinajstić information content (AvgIpc) is 3.36. The minimum Gasteiger partial charge on any atom is -0.493 e. The molecule has 2 aromatic carbocycles. The lowest BCUT2D eigenvalue weighted by Crippen LogP contribution is -2.49.